The van der Waals surface area contributed by atoms with E-state index in [1.54, 1.807) is 0 Å². The zero-order valence-electron chi connectivity index (χ0n) is 14.0. The minimum absolute atomic E-state index is 0.0789. The van der Waals surface area contributed by atoms with Gasteiger partial charge in [-0.3, -0.25) is 4.79 Å². The summed E-state index contributed by atoms with van der Waals surface area (Å²) in [5.74, 6) is 1.48. The van der Waals surface area contributed by atoms with Crippen LogP contribution in [0.15, 0.2) is 30.5 Å². The normalized spacial score (nSPS) is 35.1. The van der Waals surface area contributed by atoms with E-state index in [9.17, 15) is 9.90 Å². The molecule has 6 unspecified atom stereocenters. The molecule has 0 spiro atoms. The predicted octanol–water partition coefficient (Wildman–Crippen LogP) is 3.03. The van der Waals surface area contributed by atoms with Crippen molar-refractivity contribution in [3.63, 3.8) is 0 Å². The van der Waals surface area contributed by atoms with Gasteiger partial charge in [0.2, 0.25) is 5.91 Å². The molecule has 6 atom stereocenters. The maximum atomic E-state index is 13.0. The molecule has 2 aromatic rings. The third-order valence-corrected chi connectivity index (χ3v) is 6.75. The fourth-order valence-corrected chi connectivity index (χ4v) is 5.65. The van der Waals surface area contributed by atoms with E-state index in [4.69, 9.17) is 0 Å². The molecule has 2 saturated heterocycles. The molecule has 4 aliphatic rings. The summed E-state index contributed by atoms with van der Waals surface area (Å²) in [5, 5.41) is 11.7. The fourth-order valence-electron chi connectivity index (χ4n) is 5.65. The molecule has 4 bridgehead atoms. The van der Waals surface area contributed by atoms with Crippen LogP contribution in [0.1, 0.15) is 44.1 Å². The van der Waals surface area contributed by atoms with Crippen molar-refractivity contribution in [1.29, 1.82) is 0 Å². The Labute approximate surface area is 141 Å². The van der Waals surface area contributed by atoms with Gasteiger partial charge < -0.3 is 15.0 Å². The van der Waals surface area contributed by atoms with Gasteiger partial charge in [0, 0.05) is 29.6 Å². The third kappa shape index (κ3) is 1.92. The van der Waals surface area contributed by atoms with Crippen molar-refractivity contribution in [3.05, 3.63) is 36.0 Å². The zero-order chi connectivity index (χ0) is 16.4. The van der Waals surface area contributed by atoms with Crippen LogP contribution in [0.3, 0.4) is 0 Å². The molecule has 6 rings (SSSR count). The number of aromatic amines is 1. The number of nitrogens with one attached hydrogen (secondary N) is 1. The number of nitrogens with zero attached hydrogens (tertiary/aromatic N) is 1. The van der Waals surface area contributed by atoms with Gasteiger partial charge in [0.1, 0.15) is 0 Å². The first-order chi connectivity index (χ1) is 11.6. The molecule has 3 heterocycles. The summed E-state index contributed by atoms with van der Waals surface area (Å²) in [4.78, 5) is 18.4. The van der Waals surface area contributed by atoms with Crippen LogP contribution < -0.4 is 0 Å². The number of fused-ring (bicyclic) bond motifs is 1. The fraction of sp³-hybridized carbons (Fsp3) is 0.550. The minimum atomic E-state index is -0.299. The Balaban J connectivity index is 1.37. The van der Waals surface area contributed by atoms with Gasteiger partial charge in [0.15, 0.2) is 0 Å². The summed E-state index contributed by atoms with van der Waals surface area (Å²) >= 11 is 0. The lowest BCUT2D eigenvalue weighted by molar-refractivity contribution is -0.140. The van der Waals surface area contributed by atoms with Gasteiger partial charge in [-0.2, -0.15) is 0 Å². The molecule has 4 heteroatoms. The largest absolute Gasteiger partial charge is 0.391 e. The standard InChI is InChI=1S/C20H24N2O2/c1-11(15-10-21-16-5-3-2-4-14(15)16)6-19(23)22-17-9-13-7-12(17)8-18(22)20(13)24/h2-5,10-13,17-18,20-21,24H,6-9H2,1H3. The van der Waals surface area contributed by atoms with E-state index in [0.717, 1.165) is 24.8 Å². The number of hydrogen-bond donors (Lipinski definition) is 2. The van der Waals surface area contributed by atoms with Crippen molar-refractivity contribution in [3.8, 4) is 0 Å². The van der Waals surface area contributed by atoms with Crippen molar-refractivity contribution in [1.82, 2.24) is 9.88 Å². The highest BCUT2D eigenvalue weighted by atomic mass is 16.3. The van der Waals surface area contributed by atoms with Crippen molar-refractivity contribution >= 4 is 16.8 Å². The number of carbonyl (C=O) groups excluding carboxylic acids is 1. The second-order valence-corrected chi connectivity index (χ2v) is 8.05. The predicted molar refractivity (Wildman–Crippen MR) is 92.6 cm³/mol. The Morgan fingerprint density at radius 1 is 1.25 bits per heavy atom. The quantitative estimate of drug-likeness (QED) is 0.912. The number of amides is 1. The summed E-state index contributed by atoms with van der Waals surface area (Å²) in [6, 6.07) is 8.73. The average molecular weight is 324 g/mol. The number of aromatic nitrogens is 1. The summed E-state index contributed by atoms with van der Waals surface area (Å²) in [6.07, 6.45) is 5.40. The van der Waals surface area contributed by atoms with Gasteiger partial charge in [-0.15, -0.1) is 0 Å². The molecule has 4 nitrogen and oxygen atoms in total. The van der Waals surface area contributed by atoms with E-state index in [-0.39, 0.29) is 24.0 Å². The first-order valence-electron chi connectivity index (χ1n) is 9.18. The number of rotatable bonds is 3. The molecule has 2 aliphatic carbocycles. The molecule has 1 aromatic carbocycles. The molecule has 2 N–H and O–H groups in total. The van der Waals surface area contributed by atoms with Crippen LogP contribution in [0, 0.1) is 11.8 Å². The van der Waals surface area contributed by atoms with E-state index < -0.39 is 0 Å². The molecule has 24 heavy (non-hydrogen) atoms. The summed E-state index contributed by atoms with van der Waals surface area (Å²) < 4.78 is 0. The summed E-state index contributed by atoms with van der Waals surface area (Å²) in [7, 11) is 0. The first kappa shape index (κ1) is 14.5. The van der Waals surface area contributed by atoms with Crippen LogP contribution in [-0.4, -0.2) is 39.1 Å². The second-order valence-electron chi connectivity index (χ2n) is 8.05. The first-order valence-corrected chi connectivity index (χ1v) is 9.18. The molecule has 126 valence electrons. The maximum absolute atomic E-state index is 13.0. The van der Waals surface area contributed by atoms with E-state index >= 15 is 0 Å². The maximum Gasteiger partial charge on any atom is 0.223 e. The highest BCUT2D eigenvalue weighted by Crippen LogP contribution is 2.53. The van der Waals surface area contributed by atoms with Gasteiger partial charge in [-0.25, -0.2) is 0 Å². The van der Waals surface area contributed by atoms with Crippen molar-refractivity contribution in [2.45, 2.75) is 56.7 Å². The minimum Gasteiger partial charge on any atom is -0.391 e. The number of carbonyl (C=O) groups is 1. The third-order valence-electron chi connectivity index (χ3n) is 6.75. The van der Waals surface area contributed by atoms with Crippen LogP contribution in [0.5, 0.6) is 0 Å². The van der Waals surface area contributed by atoms with Gasteiger partial charge in [-0.1, -0.05) is 25.1 Å². The molecule has 2 aliphatic heterocycles. The van der Waals surface area contributed by atoms with E-state index in [1.165, 1.54) is 10.9 Å². The number of hydrogen-bond acceptors (Lipinski definition) is 2. The number of para-hydroxylation sites is 1. The Bertz CT molecular complexity index is 798. The van der Waals surface area contributed by atoms with Crippen LogP contribution in [0.2, 0.25) is 0 Å². The topological polar surface area (TPSA) is 56.3 Å². The van der Waals surface area contributed by atoms with E-state index in [0.29, 0.717) is 24.3 Å². The van der Waals surface area contributed by atoms with Crippen molar-refractivity contribution in [2.75, 3.05) is 0 Å². The van der Waals surface area contributed by atoms with Gasteiger partial charge in [0.25, 0.3) is 0 Å². The van der Waals surface area contributed by atoms with Crippen LogP contribution in [0.4, 0.5) is 0 Å². The molecule has 1 aromatic heterocycles. The lowest BCUT2D eigenvalue weighted by Crippen LogP contribution is -2.52. The lowest BCUT2D eigenvalue weighted by Gasteiger charge is -2.40. The zero-order valence-corrected chi connectivity index (χ0v) is 14.0. The van der Waals surface area contributed by atoms with Gasteiger partial charge in [-0.05, 0) is 48.6 Å². The number of piperidine rings is 1. The van der Waals surface area contributed by atoms with Gasteiger partial charge in [0.05, 0.1) is 12.1 Å². The second kappa shape index (κ2) is 5.09. The Kier molecular flexibility index (Phi) is 3.08. The van der Waals surface area contributed by atoms with Crippen molar-refractivity contribution in [2.24, 2.45) is 11.8 Å². The average Bonchev–Trinajstić information content (AvgIpc) is 3.21. The lowest BCUT2D eigenvalue weighted by atomic mass is 9.84. The summed E-state index contributed by atoms with van der Waals surface area (Å²) in [6.45, 7) is 2.13. The molecule has 0 radical (unpaired) electrons. The monoisotopic (exact) mass is 324 g/mol. The van der Waals surface area contributed by atoms with Crippen LogP contribution in [0.25, 0.3) is 10.9 Å². The number of H-pyrrole nitrogens is 1. The Hall–Kier alpha value is -1.81. The molecule has 2 saturated carbocycles. The molecule has 1 amide bonds. The molecule has 4 fully saturated rings. The number of benzene rings is 1. The number of aliphatic hydroxyl groups excluding tert-OH is 1. The smallest absolute Gasteiger partial charge is 0.223 e. The Morgan fingerprint density at radius 2 is 2.04 bits per heavy atom. The van der Waals surface area contributed by atoms with Crippen molar-refractivity contribution < 1.29 is 9.90 Å². The van der Waals surface area contributed by atoms with Crippen LogP contribution in [-0.2, 0) is 4.79 Å². The SMILES string of the molecule is CC(CC(=O)N1C2CC3CC2CC1C3O)c1c[nH]c2ccccc12. The number of aliphatic hydroxyl groups is 1. The molecular formula is C20H24N2O2. The summed E-state index contributed by atoms with van der Waals surface area (Å²) in [5.41, 5.74) is 2.34. The van der Waals surface area contributed by atoms with Crippen LogP contribution >= 0.6 is 0 Å². The van der Waals surface area contributed by atoms with E-state index in [2.05, 4.69) is 28.9 Å². The highest BCUT2D eigenvalue weighted by Gasteiger charge is 2.58. The molecular weight excluding hydrogens is 300 g/mol. The van der Waals surface area contributed by atoms with E-state index in [1.807, 2.05) is 18.3 Å². The Morgan fingerprint density at radius 3 is 2.92 bits per heavy atom. The van der Waals surface area contributed by atoms with Gasteiger partial charge >= 0.3 is 0 Å². The highest BCUT2D eigenvalue weighted by molar-refractivity contribution is 5.85.